The zero-order chi connectivity index (χ0) is 22.5. The quantitative estimate of drug-likeness (QED) is 0.631. The molecular weight excluding hydrogens is 410 g/mol. The van der Waals surface area contributed by atoms with Crippen LogP contribution in [0, 0.1) is 25.5 Å². The van der Waals surface area contributed by atoms with E-state index >= 15 is 0 Å². The number of aryl methyl sites for hydroxylation is 2. The van der Waals surface area contributed by atoms with E-state index in [1.165, 1.54) is 6.07 Å². The van der Waals surface area contributed by atoms with Gasteiger partial charge in [-0.15, -0.1) is 0 Å². The molecule has 0 bridgehead atoms. The van der Waals surface area contributed by atoms with Crippen LogP contribution >= 0.6 is 0 Å². The smallest absolute Gasteiger partial charge is 0.232 e. The second-order valence-electron chi connectivity index (χ2n) is 7.43. The monoisotopic (exact) mass is 438 g/mol. The Morgan fingerprint density at radius 1 is 1.10 bits per heavy atom. The first-order valence-corrected chi connectivity index (χ1v) is 11.7. The van der Waals surface area contributed by atoms with Crippen molar-refractivity contribution in [2.24, 2.45) is 0 Å². The predicted octanol–water partition coefficient (Wildman–Crippen LogP) is 4.40. The lowest BCUT2D eigenvalue weighted by Gasteiger charge is -2.23. The zero-order valence-corrected chi connectivity index (χ0v) is 18.5. The molecule has 2 rings (SSSR count). The fourth-order valence-corrected chi connectivity index (χ4v) is 4.35. The Morgan fingerprint density at radius 3 is 2.37 bits per heavy atom. The van der Waals surface area contributed by atoms with Gasteiger partial charge in [0.15, 0.2) is 11.6 Å². The lowest BCUT2D eigenvalue weighted by atomic mass is 9.97. The average molecular weight is 439 g/mol. The van der Waals surface area contributed by atoms with Crippen molar-refractivity contribution in [1.82, 2.24) is 5.32 Å². The van der Waals surface area contributed by atoms with Crippen molar-refractivity contribution in [3.63, 3.8) is 0 Å². The van der Waals surface area contributed by atoms with Crippen molar-refractivity contribution in [3.8, 4) is 0 Å². The van der Waals surface area contributed by atoms with Gasteiger partial charge in [0.1, 0.15) is 0 Å². The summed E-state index contributed by atoms with van der Waals surface area (Å²) in [6.07, 6.45) is 2.06. The van der Waals surface area contributed by atoms with Crippen LogP contribution in [-0.2, 0) is 14.8 Å². The lowest BCUT2D eigenvalue weighted by molar-refractivity contribution is -0.121. The number of amides is 1. The van der Waals surface area contributed by atoms with Gasteiger partial charge in [0.05, 0.1) is 18.0 Å². The summed E-state index contributed by atoms with van der Waals surface area (Å²) in [5.74, 6) is -2.37. The third-order valence-electron chi connectivity index (χ3n) is 4.90. The minimum absolute atomic E-state index is 0.0162. The normalized spacial score (nSPS) is 12.5. The van der Waals surface area contributed by atoms with E-state index in [0.29, 0.717) is 0 Å². The molecule has 0 spiro atoms. The SMILES string of the molecule is CCC(NC(=O)CCCN(c1ccc(F)c(F)c1)S(C)(=O)=O)c1ccc(C)cc1C. The van der Waals surface area contributed by atoms with Gasteiger partial charge in [0.25, 0.3) is 0 Å². The highest BCUT2D eigenvalue weighted by atomic mass is 32.2. The van der Waals surface area contributed by atoms with Crippen LogP contribution in [0.3, 0.4) is 0 Å². The molecule has 0 aliphatic heterocycles. The molecule has 0 aliphatic rings. The molecule has 8 heteroatoms. The van der Waals surface area contributed by atoms with Crippen LogP contribution in [0.4, 0.5) is 14.5 Å². The van der Waals surface area contributed by atoms with Crippen LogP contribution in [0.5, 0.6) is 0 Å². The Hall–Kier alpha value is -2.48. The van der Waals surface area contributed by atoms with Gasteiger partial charge >= 0.3 is 0 Å². The molecule has 1 atom stereocenters. The summed E-state index contributed by atoms with van der Waals surface area (Å²) in [4.78, 5) is 12.4. The fraction of sp³-hybridized carbons (Fsp3) is 0.409. The maximum absolute atomic E-state index is 13.5. The molecule has 1 unspecified atom stereocenters. The fourth-order valence-electron chi connectivity index (χ4n) is 3.39. The van der Waals surface area contributed by atoms with Crippen molar-refractivity contribution in [3.05, 3.63) is 64.7 Å². The predicted molar refractivity (Wildman–Crippen MR) is 115 cm³/mol. The Kier molecular flexibility index (Phi) is 7.95. The number of carbonyl (C=O) groups is 1. The molecule has 1 amide bonds. The van der Waals surface area contributed by atoms with Crippen LogP contribution in [0.1, 0.15) is 48.9 Å². The number of nitrogens with one attached hydrogen (secondary N) is 1. The highest BCUT2D eigenvalue weighted by Gasteiger charge is 2.20. The minimum atomic E-state index is -3.71. The molecule has 2 aromatic carbocycles. The molecule has 0 aromatic heterocycles. The van der Waals surface area contributed by atoms with Gasteiger partial charge in [-0.25, -0.2) is 17.2 Å². The average Bonchev–Trinajstić information content (AvgIpc) is 2.65. The number of rotatable bonds is 9. The van der Waals surface area contributed by atoms with Gasteiger partial charge in [-0.3, -0.25) is 9.10 Å². The van der Waals surface area contributed by atoms with E-state index in [-0.39, 0.29) is 37.0 Å². The van der Waals surface area contributed by atoms with Gasteiger partial charge in [-0.2, -0.15) is 0 Å². The van der Waals surface area contributed by atoms with Gasteiger partial charge in [0, 0.05) is 19.0 Å². The van der Waals surface area contributed by atoms with E-state index in [9.17, 15) is 22.0 Å². The van der Waals surface area contributed by atoms with Crippen LogP contribution < -0.4 is 9.62 Å². The first-order valence-electron chi connectivity index (χ1n) is 9.82. The van der Waals surface area contributed by atoms with Crippen molar-refractivity contribution in [2.45, 2.75) is 46.1 Å². The van der Waals surface area contributed by atoms with E-state index in [0.717, 1.165) is 45.8 Å². The number of sulfonamides is 1. The number of carbonyl (C=O) groups excluding carboxylic acids is 1. The van der Waals surface area contributed by atoms with E-state index in [1.54, 1.807) is 0 Å². The number of halogens is 2. The number of benzene rings is 2. The topological polar surface area (TPSA) is 66.5 Å². The highest BCUT2D eigenvalue weighted by Crippen LogP contribution is 2.23. The lowest BCUT2D eigenvalue weighted by Crippen LogP contribution is -2.33. The molecule has 2 aromatic rings. The molecule has 0 saturated heterocycles. The molecule has 1 N–H and O–H groups in total. The molecule has 5 nitrogen and oxygen atoms in total. The Bertz CT molecular complexity index is 1010. The zero-order valence-electron chi connectivity index (χ0n) is 17.7. The summed E-state index contributed by atoms with van der Waals surface area (Å²) in [6, 6.07) is 8.87. The number of hydrogen-bond acceptors (Lipinski definition) is 3. The second kappa shape index (κ2) is 10.0. The largest absolute Gasteiger partial charge is 0.349 e. The van der Waals surface area contributed by atoms with Gasteiger partial charge < -0.3 is 5.32 Å². The van der Waals surface area contributed by atoms with Crippen molar-refractivity contribution in [1.29, 1.82) is 0 Å². The molecule has 0 radical (unpaired) electrons. The number of hydrogen-bond donors (Lipinski definition) is 1. The Balaban J connectivity index is 2.02. The van der Waals surface area contributed by atoms with Gasteiger partial charge in [0.2, 0.25) is 15.9 Å². The standard InChI is InChI=1S/C22H28F2N2O3S/c1-5-21(18-10-8-15(2)13-16(18)3)25-22(27)7-6-12-26(30(4,28)29)17-9-11-19(23)20(24)14-17/h8-11,13-14,21H,5-7,12H2,1-4H3,(H,25,27). The van der Waals surface area contributed by atoms with Crippen molar-refractivity contribution in [2.75, 3.05) is 17.1 Å². The van der Waals surface area contributed by atoms with Gasteiger partial charge in [-0.1, -0.05) is 30.7 Å². The summed E-state index contributed by atoms with van der Waals surface area (Å²) < 4.78 is 51.8. The second-order valence-corrected chi connectivity index (χ2v) is 9.33. The van der Waals surface area contributed by atoms with Crippen LogP contribution in [0.25, 0.3) is 0 Å². The Labute approximate surface area is 177 Å². The molecule has 0 aliphatic carbocycles. The molecule has 0 saturated carbocycles. The summed E-state index contributed by atoms with van der Waals surface area (Å²) in [5.41, 5.74) is 3.33. The minimum Gasteiger partial charge on any atom is -0.349 e. The first-order chi connectivity index (χ1) is 14.0. The summed E-state index contributed by atoms with van der Waals surface area (Å²) in [6.45, 7) is 5.98. The maximum atomic E-state index is 13.5. The van der Waals surface area contributed by atoms with E-state index in [4.69, 9.17) is 0 Å². The van der Waals surface area contributed by atoms with E-state index in [2.05, 4.69) is 11.4 Å². The first kappa shape index (κ1) is 23.8. The third kappa shape index (κ3) is 6.26. The van der Waals surface area contributed by atoms with Crippen molar-refractivity contribution >= 4 is 21.6 Å². The molecular formula is C22H28F2N2O3S. The van der Waals surface area contributed by atoms with Crippen molar-refractivity contribution < 1.29 is 22.0 Å². The summed E-state index contributed by atoms with van der Waals surface area (Å²) >= 11 is 0. The van der Waals surface area contributed by atoms with E-state index in [1.807, 2.05) is 32.9 Å². The van der Waals surface area contributed by atoms with Crippen LogP contribution in [0.2, 0.25) is 0 Å². The summed E-state index contributed by atoms with van der Waals surface area (Å²) in [5, 5.41) is 3.00. The highest BCUT2D eigenvalue weighted by molar-refractivity contribution is 7.92. The number of nitrogens with zero attached hydrogens (tertiary/aromatic N) is 1. The molecule has 164 valence electrons. The van der Waals surface area contributed by atoms with Gasteiger partial charge in [-0.05, 0) is 49.9 Å². The molecule has 0 heterocycles. The maximum Gasteiger partial charge on any atom is 0.232 e. The summed E-state index contributed by atoms with van der Waals surface area (Å²) in [7, 11) is -3.71. The number of anilines is 1. The van der Waals surface area contributed by atoms with Crippen LogP contribution in [-0.4, -0.2) is 27.1 Å². The third-order valence-corrected chi connectivity index (χ3v) is 6.09. The van der Waals surface area contributed by atoms with E-state index < -0.39 is 21.7 Å². The Morgan fingerprint density at radius 2 is 1.80 bits per heavy atom. The molecule has 30 heavy (non-hydrogen) atoms. The van der Waals surface area contributed by atoms with Crippen LogP contribution in [0.15, 0.2) is 36.4 Å². The molecule has 0 fully saturated rings.